The van der Waals surface area contributed by atoms with Crippen molar-refractivity contribution in [3.05, 3.63) is 29.6 Å². The van der Waals surface area contributed by atoms with E-state index in [-0.39, 0.29) is 6.03 Å². The van der Waals surface area contributed by atoms with Crippen LogP contribution in [0.2, 0.25) is 0 Å². The van der Waals surface area contributed by atoms with Crippen molar-refractivity contribution >= 4 is 34.1 Å². The number of carbonyl (C=O) groups is 1. The van der Waals surface area contributed by atoms with E-state index in [0.717, 1.165) is 11.3 Å². The second-order valence-electron chi connectivity index (χ2n) is 4.03. The molecule has 1 atom stereocenters. The Morgan fingerprint density at radius 3 is 2.70 bits per heavy atom. The Bertz CT molecular complexity index is 584. The van der Waals surface area contributed by atoms with Crippen molar-refractivity contribution in [3.63, 3.8) is 0 Å². The van der Waals surface area contributed by atoms with E-state index in [1.807, 2.05) is 17.5 Å². The highest BCUT2D eigenvalue weighted by Gasteiger charge is 2.03. The average Bonchev–Trinajstić information content (AvgIpc) is 2.93. The maximum Gasteiger partial charge on any atom is 0.319 e. The summed E-state index contributed by atoms with van der Waals surface area (Å²) in [6, 6.07) is 7.03. The third-order valence-corrected chi connectivity index (χ3v) is 3.76. The van der Waals surface area contributed by atoms with Crippen LogP contribution in [-0.4, -0.2) is 38.4 Å². The molecule has 6 nitrogen and oxygen atoms in total. The molecule has 2 aromatic rings. The SMILES string of the molecule is CS(=O)CCNC(=O)Nc1ccc(-c2csnn2)cc1. The van der Waals surface area contributed by atoms with Gasteiger partial charge in [-0.2, -0.15) is 0 Å². The van der Waals surface area contributed by atoms with Crippen molar-refractivity contribution in [1.29, 1.82) is 0 Å². The van der Waals surface area contributed by atoms with E-state index in [9.17, 15) is 9.00 Å². The van der Waals surface area contributed by atoms with E-state index >= 15 is 0 Å². The van der Waals surface area contributed by atoms with Gasteiger partial charge in [0.15, 0.2) is 0 Å². The smallest absolute Gasteiger partial charge is 0.319 e. The molecule has 0 radical (unpaired) electrons. The summed E-state index contributed by atoms with van der Waals surface area (Å²) in [5, 5.41) is 11.2. The highest BCUT2D eigenvalue weighted by atomic mass is 32.2. The van der Waals surface area contributed by atoms with Crippen LogP contribution in [0, 0.1) is 0 Å². The van der Waals surface area contributed by atoms with Gasteiger partial charge in [0.1, 0.15) is 5.69 Å². The molecule has 1 aromatic carbocycles. The fourth-order valence-electron chi connectivity index (χ4n) is 1.50. The van der Waals surface area contributed by atoms with Crippen molar-refractivity contribution in [2.45, 2.75) is 0 Å². The van der Waals surface area contributed by atoms with Crippen LogP contribution in [0.5, 0.6) is 0 Å². The van der Waals surface area contributed by atoms with E-state index in [1.54, 1.807) is 18.4 Å². The third kappa shape index (κ3) is 4.39. The molecule has 0 spiro atoms. The lowest BCUT2D eigenvalue weighted by atomic mass is 10.1. The molecule has 2 rings (SSSR count). The van der Waals surface area contributed by atoms with Crippen LogP contribution in [0.1, 0.15) is 0 Å². The molecule has 0 aliphatic rings. The number of aromatic nitrogens is 2. The Labute approximate surface area is 123 Å². The summed E-state index contributed by atoms with van der Waals surface area (Å²) in [7, 11) is -0.903. The van der Waals surface area contributed by atoms with Gasteiger partial charge in [0.2, 0.25) is 0 Å². The monoisotopic (exact) mass is 310 g/mol. The van der Waals surface area contributed by atoms with Crippen LogP contribution in [0.25, 0.3) is 11.3 Å². The molecular formula is C12H14N4O2S2. The number of hydrogen-bond acceptors (Lipinski definition) is 5. The lowest BCUT2D eigenvalue weighted by Gasteiger charge is -2.07. The molecule has 0 bridgehead atoms. The molecule has 0 aliphatic carbocycles. The number of hydrogen-bond donors (Lipinski definition) is 2. The third-order valence-electron chi connectivity index (χ3n) is 2.47. The minimum atomic E-state index is -0.903. The largest absolute Gasteiger partial charge is 0.337 e. The number of rotatable bonds is 5. The van der Waals surface area contributed by atoms with Gasteiger partial charge < -0.3 is 10.6 Å². The Hall–Kier alpha value is -1.80. The second-order valence-corrected chi connectivity index (χ2v) is 6.19. The maximum atomic E-state index is 11.6. The van der Waals surface area contributed by atoms with Crippen LogP contribution in [0.15, 0.2) is 29.6 Å². The van der Waals surface area contributed by atoms with Gasteiger partial charge in [-0.25, -0.2) is 4.79 Å². The van der Waals surface area contributed by atoms with Gasteiger partial charge in [0, 0.05) is 46.0 Å². The molecule has 2 amide bonds. The Morgan fingerprint density at radius 1 is 1.35 bits per heavy atom. The predicted molar refractivity (Wildman–Crippen MR) is 81.3 cm³/mol. The number of benzene rings is 1. The number of nitrogens with zero attached hydrogens (tertiary/aromatic N) is 2. The van der Waals surface area contributed by atoms with Crippen LogP contribution in [0.3, 0.4) is 0 Å². The zero-order valence-electron chi connectivity index (χ0n) is 10.8. The van der Waals surface area contributed by atoms with Gasteiger partial charge in [-0.1, -0.05) is 16.6 Å². The summed E-state index contributed by atoms with van der Waals surface area (Å²) in [4.78, 5) is 11.6. The molecule has 20 heavy (non-hydrogen) atoms. The molecular weight excluding hydrogens is 296 g/mol. The van der Waals surface area contributed by atoms with Crippen molar-refractivity contribution in [1.82, 2.24) is 14.9 Å². The number of anilines is 1. The highest BCUT2D eigenvalue weighted by molar-refractivity contribution is 7.84. The molecule has 8 heteroatoms. The van der Waals surface area contributed by atoms with Crippen LogP contribution in [-0.2, 0) is 10.8 Å². The summed E-state index contributed by atoms with van der Waals surface area (Å²) in [5.74, 6) is 0.448. The van der Waals surface area contributed by atoms with Crippen molar-refractivity contribution in [2.24, 2.45) is 0 Å². The van der Waals surface area contributed by atoms with Gasteiger partial charge in [-0.3, -0.25) is 4.21 Å². The van der Waals surface area contributed by atoms with Crippen molar-refractivity contribution in [2.75, 3.05) is 23.9 Å². The highest BCUT2D eigenvalue weighted by Crippen LogP contribution is 2.19. The predicted octanol–water partition coefficient (Wildman–Crippen LogP) is 1.71. The average molecular weight is 310 g/mol. The fourth-order valence-corrected chi connectivity index (χ4v) is 2.35. The Balaban J connectivity index is 1.87. The van der Waals surface area contributed by atoms with Gasteiger partial charge in [0.25, 0.3) is 0 Å². The first kappa shape index (κ1) is 14.6. The van der Waals surface area contributed by atoms with Crippen LogP contribution < -0.4 is 10.6 Å². The quantitative estimate of drug-likeness (QED) is 0.880. The molecule has 0 aliphatic heterocycles. The zero-order valence-corrected chi connectivity index (χ0v) is 12.5. The zero-order chi connectivity index (χ0) is 14.4. The number of amides is 2. The first-order chi connectivity index (χ1) is 9.65. The van der Waals surface area contributed by atoms with Gasteiger partial charge >= 0.3 is 6.03 Å². The molecule has 2 N–H and O–H groups in total. The van der Waals surface area contributed by atoms with Crippen LogP contribution in [0.4, 0.5) is 10.5 Å². The van der Waals surface area contributed by atoms with E-state index in [2.05, 4.69) is 20.2 Å². The van der Waals surface area contributed by atoms with E-state index in [4.69, 9.17) is 0 Å². The molecule has 0 saturated carbocycles. The maximum absolute atomic E-state index is 11.6. The summed E-state index contributed by atoms with van der Waals surface area (Å²) < 4.78 is 14.7. The van der Waals surface area contributed by atoms with Crippen molar-refractivity contribution in [3.8, 4) is 11.3 Å². The summed E-state index contributed by atoms with van der Waals surface area (Å²) in [6.45, 7) is 0.386. The van der Waals surface area contributed by atoms with E-state index < -0.39 is 10.8 Å². The number of carbonyl (C=O) groups excluding carboxylic acids is 1. The minimum absolute atomic E-state index is 0.307. The molecule has 1 heterocycles. The standard InChI is InChI=1S/C12H14N4O2S2/c1-20(18)7-6-13-12(17)14-10-4-2-9(3-5-10)11-8-19-16-15-11/h2-5,8H,6-7H2,1H3,(H2,13,14,17). The molecule has 1 unspecified atom stereocenters. The topological polar surface area (TPSA) is 84.0 Å². The fraction of sp³-hybridized carbons (Fsp3) is 0.250. The van der Waals surface area contributed by atoms with Gasteiger partial charge in [-0.15, -0.1) is 5.10 Å². The van der Waals surface area contributed by atoms with E-state index in [1.165, 1.54) is 11.5 Å². The van der Waals surface area contributed by atoms with Crippen LogP contribution >= 0.6 is 11.5 Å². The van der Waals surface area contributed by atoms with Gasteiger partial charge in [0.05, 0.1) is 0 Å². The van der Waals surface area contributed by atoms with E-state index in [0.29, 0.717) is 18.0 Å². The second kappa shape index (κ2) is 7.11. The lowest BCUT2D eigenvalue weighted by molar-refractivity contribution is 0.252. The molecule has 0 saturated heterocycles. The summed E-state index contributed by atoms with van der Waals surface area (Å²) >= 11 is 1.29. The molecule has 1 aromatic heterocycles. The number of urea groups is 1. The normalized spacial score (nSPS) is 11.8. The van der Waals surface area contributed by atoms with Gasteiger partial charge in [-0.05, 0) is 23.7 Å². The Morgan fingerprint density at radius 2 is 2.10 bits per heavy atom. The number of nitrogens with one attached hydrogen (secondary N) is 2. The summed E-state index contributed by atoms with van der Waals surface area (Å²) in [6.07, 6.45) is 1.60. The first-order valence-corrected chi connectivity index (χ1v) is 8.44. The summed E-state index contributed by atoms with van der Waals surface area (Å²) in [5.41, 5.74) is 2.45. The van der Waals surface area contributed by atoms with Crippen molar-refractivity contribution < 1.29 is 9.00 Å². The first-order valence-electron chi connectivity index (χ1n) is 5.87. The molecule has 106 valence electrons. The Kier molecular flexibility index (Phi) is 5.19. The minimum Gasteiger partial charge on any atom is -0.337 e. The lowest BCUT2D eigenvalue weighted by Crippen LogP contribution is -2.31. The molecule has 0 fully saturated rings.